The fourth-order valence-electron chi connectivity index (χ4n) is 1.97. The van der Waals surface area contributed by atoms with Crippen molar-refractivity contribution in [3.05, 3.63) is 30.0 Å². The molecule has 1 aromatic heterocycles. The first-order valence-corrected chi connectivity index (χ1v) is 7.01. The average Bonchev–Trinajstić information content (AvgIpc) is 2.86. The van der Waals surface area contributed by atoms with Crippen LogP contribution >= 0.6 is 0 Å². The Morgan fingerprint density at radius 1 is 1.35 bits per heavy atom. The van der Waals surface area contributed by atoms with Gasteiger partial charge in [-0.25, -0.2) is 0 Å². The highest BCUT2D eigenvalue weighted by molar-refractivity contribution is 6.04. The molecule has 2 aromatic rings. The number of benzene rings is 1. The van der Waals surface area contributed by atoms with Crippen LogP contribution in [0.2, 0.25) is 0 Å². The van der Waals surface area contributed by atoms with Gasteiger partial charge in [-0.2, -0.15) is 5.10 Å². The van der Waals surface area contributed by atoms with Gasteiger partial charge in [-0.3, -0.25) is 9.89 Å². The number of fused-ring (bicyclic) bond motifs is 1. The number of nitrogens with one attached hydrogen (secondary N) is 2. The molecule has 0 aliphatic heterocycles. The Labute approximate surface area is 118 Å². The molecule has 1 amide bonds. The van der Waals surface area contributed by atoms with Crippen LogP contribution in [0.5, 0.6) is 0 Å². The Hall–Kier alpha value is -1.88. The Kier molecular flexibility index (Phi) is 5.12. The zero-order valence-electron chi connectivity index (χ0n) is 12.0. The van der Waals surface area contributed by atoms with E-state index in [4.69, 9.17) is 4.74 Å². The smallest absolute Gasteiger partial charge is 0.272 e. The Bertz CT molecular complexity index is 563. The maximum Gasteiger partial charge on any atom is 0.272 e. The Morgan fingerprint density at radius 3 is 2.95 bits per heavy atom. The van der Waals surface area contributed by atoms with Crippen molar-refractivity contribution < 1.29 is 9.53 Å². The molecule has 1 heterocycles. The van der Waals surface area contributed by atoms with Crippen molar-refractivity contribution >= 4 is 16.8 Å². The number of rotatable bonds is 7. The topological polar surface area (TPSA) is 67.0 Å². The Balaban J connectivity index is 1.78. The van der Waals surface area contributed by atoms with Gasteiger partial charge in [0.25, 0.3) is 5.91 Å². The third kappa shape index (κ3) is 3.81. The SMILES string of the molecule is CC(C)OCCCCNC(=O)c1n[nH]c2ccccc12. The highest BCUT2D eigenvalue weighted by atomic mass is 16.5. The van der Waals surface area contributed by atoms with Crippen molar-refractivity contribution in [3.8, 4) is 0 Å². The van der Waals surface area contributed by atoms with Gasteiger partial charge in [0.2, 0.25) is 0 Å². The van der Waals surface area contributed by atoms with Crippen molar-refractivity contribution in [2.24, 2.45) is 0 Å². The predicted molar refractivity (Wildman–Crippen MR) is 78.7 cm³/mol. The predicted octanol–water partition coefficient (Wildman–Crippen LogP) is 2.50. The molecule has 0 saturated heterocycles. The third-order valence-electron chi connectivity index (χ3n) is 2.99. The van der Waals surface area contributed by atoms with Gasteiger partial charge < -0.3 is 10.1 Å². The summed E-state index contributed by atoms with van der Waals surface area (Å²) in [6.45, 7) is 5.41. The number of amides is 1. The second-order valence-electron chi connectivity index (χ2n) is 5.00. The van der Waals surface area contributed by atoms with Crippen LogP contribution in [0.1, 0.15) is 37.2 Å². The zero-order chi connectivity index (χ0) is 14.4. The second-order valence-corrected chi connectivity index (χ2v) is 5.00. The first-order valence-electron chi connectivity index (χ1n) is 7.01. The van der Waals surface area contributed by atoms with E-state index >= 15 is 0 Å². The largest absolute Gasteiger partial charge is 0.379 e. The molecular weight excluding hydrogens is 254 g/mol. The number of hydrogen-bond donors (Lipinski definition) is 2. The zero-order valence-corrected chi connectivity index (χ0v) is 12.0. The maximum atomic E-state index is 12.0. The summed E-state index contributed by atoms with van der Waals surface area (Å²) < 4.78 is 5.45. The third-order valence-corrected chi connectivity index (χ3v) is 2.99. The van der Waals surface area contributed by atoms with Gasteiger partial charge in [-0.15, -0.1) is 0 Å². The maximum absolute atomic E-state index is 12.0. The summed E-state index contributed by atoms with van der Waals surface area (Å²) in [5.41, 5.74) is 1.34. The van der Waals surface area contributed by atoms with Crippen molar-refractivity contribution in [1.82, 2.24) is 15.5 Å². The van der Waals surface area contributed by atoms with Gasteiger partial charge in [-0.1, -0.05) is 18.2 Å². The van der Waals surface area contributed by atoms with E-state index in [-0.39, 0.29) is 12.0 Å². The lowest BCUT2D eigenvalue weighted by Gasteiger charge is -2.07. The van der Waals surface area contributed by atoms with Gasteiger partial charge in [0.1, 0.15) is 0 Å². The first kappa shape index (κ1) is 14.5. The lowest BCUT2D eigenvalue weighted by atomic mass is 10.2. The van der Waals surface area contributed by atoms with Crippen LogP contribution in [0.3, 0.4) is 0 Å². The normalized spacial score (nSPS) is 11.2. The summed E-state index contributed by atoms with van der Waals surface area (Å²) in [7, 11) is 0. The van der Waals surface area contributed by atoms with E-state index in [1.165, 1.54) is 0 Å². The van der Waals surface area contributed by atoms with E-state index < -0.39 is 0 Å². The molecular formula is C15H21N3O2. The molecule has 5 nitrogen and oxygen atoms in total. The van der Waals surface area contributed by atoms with Crippen LogP contribution in [-0.2, 0) is 4.74 Å². The number of hydrogen-bond acceptors (Lipinski definition) is 3. The number of carbonyl (C=O) groups excluding carboxylic acids is 1. The van der Waals surface area contributed by atoms with Crippen LogP contribution in [0.4, 0.5) is 0 Å². The van der Waals surface area contributed by atoms with Crippen LogP contribution < -0.4 is 5.32 Å². The van der Waals surface area contributed by atoms with Crippen LogP contribution in [0, 0.1) is 0 Å². The summed E-state index contributed by atoms with van der Waals surface area (Å²) >= 11 is 0. The van der Waals surface area contributed by atoms with E-state index in [0.29, 0.717) is 12.2 Å². The lowest BCUT2D eigenvalue weighted by molar-refractivity contribution is 0.0754. The minimum atomic E-state index is -0.132. The molecule has 20 heavy (non-hydrogen) atoms. The molecule has 0 radical (unpaired) electrons. The number of aromatic amines is 1. The monoisotopic (exact) mass is 275 g/mol. The highest BCUT2D eigenvalue weighted by Gasteiger charge is 2.12. The van der Waals surface area contributed by atoms with E-state index in [1.807, 2.05) is 38.1 Å². The molecule has 108 valence electrons. The molecule has 0 atom stereocenters. The quantitative estimate of drug-likeness (QED) is 0.763. The number of unbranched alkanes of at least 4 members (excludes halogenated alkanes) is 1. The summed E-state index contributed by atoms with van der Waals surface area (Å²) in [5, 5.41) is 10.7. The fourth-order valence-corrected chi connectivity index (χ4v) is 1.97. The van der Waals surface area contributed by atoms with Crippen LogP contribution in [-0.4, -0.2) is 35.4 Å². The van der Waals surface area contributed by atoms with E-state index in [2.05, 4.69) is 15.5 Å². The van der Waals surface area contributed by atoms with Gasteiger partial charge >= 0.3 is 0 Å². The van der Waals surface area contributed by atoms with Crippen molar-refractivity contribution in [2.75, 3.05) is 13.2 Å². The van der Waals surface area contributed by atoms with Gasteiger partial charge in [0, 0.05) is 18.5 Å². The standard InChI is InChI=1S/C15H21N3O2/c1-11(2)20-10-6-5-9-16-15(19)14-12-7-3-4-8-13(12)17-18-14/h3-4,7-8,11H,5-6,9-10H2,1-2H3,(H,16,19)(H,17,18). The van der Waals surface area contributed by atoms with Gasteiger partial charge in [0.05, 0.1) is 11.6 Å². The molecule has 2 N–H and O–H groups in total. The number of para-hydroxylation sites is 1. The molecule has 0 fully saturated rings. The molecule has 0 aliphatic rings. The summed E-state index contributed by atoms with van der Waals surface area (Å²) in [4.78, 5) is 12.0. The number of ether oxygens (including phenoxy) is 1. The van der Waals surface area contributed by atoms with E-state index in [0.717, 1.165) is 30.4 Å². The molecule has 0 unspecified atom stereocenters. The van der Waals surface area contributed by atoms with E-state index in [1.54, 1.807) is 0 Å². The summed E-state index contributed by atoms with van der Waals surface area (Å²) in [6, 6.07) is 7.61. The Morgan fingerprint density at radius 2 is 2.15 bits per heavy atom. The van der Waals surface area contributed by atoms with Crippen LogP contribution in [0.15, 0.2) is 24.3 Å². The number of carbonyl (C=O) groups is 1. The average molecular weight is 275 g/mol. The molecule has 5 heteroatoms. The van der Waals surface area contributed by atoms with Gasteiger partial charge in [0.15, 0.2) is 5.69 Å². The molecule has 2 rings (SSSR count). The molecule has 0 spiro atoms. The minimum absolute atomic E-state index is 0.132. The van der Waals surface area contributed by atoms with Crippen molar-refractivity contribution in [3.63, 3.8) is 0 Å². The number of nitrogens with zero attached hydrogens (tertiary/aromatic N) is 1. The number of H-pyrrole nitrogens is 1. The fraction of sp³-hybridized carbons (Fsp3) is 0.467. The summed E-state index contributed by atoms with van der Waals surface area (Å²) in [6.07, 6.45) is 2.11. The highest BCUT2D eigenvalue weighted by Crippen LogP contribution is 2.14. The second kappa shape index (κ2) is 7.05. The van der Waals surface area contributed by atoms with Crippen molar-refractivity contribution in [2.45, 2.75) is 32.8 Å². The number of aromatic nitrogens is 2. The first-order chi connectivity index (χ1) is 9.68. The minimum Gasteiger partial charge on any atom is -0.379 e. The van der Waals surface area contributed by atoms with Crippen LogP contribution in [0.25, 0.3) is 10.9 Å². The van der Waals surface area contributed by atoms with Crippen molar-refractivity contribution in [1.29, 1.82) is 0 Å². The summed E-state index contributed by atoms with van der Waals surface area (Å²) in [5.74, 6) is -0.132. The molecule has 1 aromatic carbocycles. The molecule has 0 aliphatic carbocycles. The van der Waals surface area contributed by atoms with Gasteiger partial charge in [-0.05, 0) is 32.8 Å². The lowest BCUT2D eigenvalue weighted by Crippen LogP contribution is -2.25. The van der Waals surface area contributed by atoms with E-state index in [9.17, 15) is 4.79 Å². The molecule has 0 bridgehead atoms. The molecule has 0 saturated carbocycles.